The topological polar surface area (TPSA) is 29.1 Å². The molecule has 0 aliphatic carbocycles. The lowest BCUT2D eigenvalue weighted by molar-refractivity contribution is -0.121. The summed E-state index contributed by atoms with van der Waals surface area (Å²) < 4.78 is 0. The van der Waals surface area contributed by atoms with Crippen molar-refractivity contribution in [2.75, 3.05) is 0 Å². The van der Waals surface area contributed by atoms with E-state index < -0.39 is 0 Å². The predicted octanol–water partition coefficient (Wildman–Crippen LogP) is 2.21. The highest BCUT2D eigenvalue weighted by molar-refractivity contribution is 7.07. The van der Waals surface area contributed by atoms with Gasteiger partial charge in [-0.05, 0) is 35.7 Å². The molecule has 0 spiro atoms. The van der Waals surface area contributed by atoms with Gasteiger partial charge in [-0.15, -0.1) is 0 Å². The van der Waals surface area contributed by atoms with Crippen molar-refractivity contribution in [2.24, 2.45) is 0 Å². The summed E-state index contributed by atoms with van der Waals surface area (Å²) in [6.45, 7) is 3.90. The van der Waals surface area contributed by atoms with Crippen LogP contribution in [0.25, 0.3) is 0 Å². The summed E-state index contributed by atoms with van der Waals surface area (Å²) in [6, 6.07) is 2.33. The number of amides is 1. The van der Waals surface area contributed by atoms with Crippen LogP contribution in [0.4, 0.5) is 0 Å². The van der Waals surface area contributed by atoms with Gasteiger partial charge >= 0.3 is 0 Å². The van der Waals surface area contributed by atoms with Crippen LogP contribution in [0.1, 0.15) is 25.8 Å². The van der Waals surface area contributed by atoms with Gasteiger partial charge in [0.25, 0.3) is 0 Å². The molecule has 72 valence electrons. The van der Waals surface area contributed by atoms with E-state index in [2.05, 4.69) is 22.1 Å². The molecule has 0 aliphatic heterocycles. The van der Waals surface area contributed by atoms with Crippen molar-refractivity contribution in [3.63, 3.8) is 0 Å². The Morgan fingerprint density at radius 2 is 2.46 bits per heavy atom. The lowest BCUT2D eigenvalue weighted by atomic mass is 10.1. The van der Waals surface area contributed by atoms with Gasteiger partial charge in [0.05, 0.1) is 0 Å². The molecule has 0 saturated heterocycles. The summed E-state index contributed by atoms with van der Waals surface area (Å²) in [5.74, 6) is 0.128. The molecule has 1 rings (SSSR count). The van der Waals surface area contributed by atoms with Gasteiger partial charge in [-0.3, -0.25) is 4.79 Å². The molecule has 13 heavy (non-hydrogen) atoms. The number of hydrogen-bond donors (Lipinski definition) is 1. The second-order valence-electron chi connectivity index (χ2n) is 3.16. The minimum absolute atomic E-state index is 0.128. The van der Waals surface area contributed by atoms with Crippen molar-refractivity contribution in [1.82, 2.24) is 5.32 Å². The molecule has 1 heterocycles. The Labute approximate surface area is 83.0 Å². The maximum atomic E-state index is 11.0. The predicted molar refractivity (Wildman–Crippen MR) is 55.9 cm³/mol. The van der Waals surface area contributed by atoms with Gasteiger partial charge in [0.2, 0.25) is 5.91 Å². The number of carbonyl (C=O) groups excluding carboxylic acids is 1. The number of nitrogens with one attached hydrogen (secondary N) is 1. The molecular weight excluding hydrogens is 182 g/mol. The van der Waals surface area contributed by atoms with Gasteiger partial charge < -0.3 is 5.32 Å². The number of hydrogen-bond acceptors (Lipinski definition) is 2. The standard InChI is InChI=1S/C10H15NOS/c1-3-10(12)11-8(2)6-9-4-5-13-7-9/h4-5,7-8H,3,6H2,1-2H3,(H,11,12). The molecule has 0 aromatic carbocycles. The molecule has 1 N–H and O–H groups in total. The summed E-state index contributed by atoms with van der Waals surface area (Å²) in [6.07, 6.45) is 1.49. The van der Waals surface area contributed by atoms with Crippen LogP contribution in [0, 0.1) is 0 Å². The third-order valence-electron chi connectivity index (χ3n) is 1.85. The van der Waals surface area contributed by atoms with Crippen LogP contribution >= 0.6 is 11.3 Å². The maximum absolute atomic E-state index is 11.0. The van der Waals surface area contributed by atoms with Crippen LogP contribution in [0.15, 0.2) is 16.8 Å². The van der Waals surface area contributed by atoms with Crippen LogP contribution in [0.2, 0.25) is 0 Å². The third kappa shape index (κ3) is 3.59. The first kappa shape index (κ1) is 10.3. The first-order chi connectivity index (χ1) is 6.22. The van der Waals surface area contributed by atoms with E-state index in [1.54, 1.807) is 11.3 Å². The van der Waals surface area contributed by atoms with Crippen LogP contribution in [-0.4, -0.2) is 11.9 Å². The molecule has 1 amide bonds. The Hall–Kier alpha value is -0.830. The number of rotatable bonds is 4. The SMILES string of the molecule is CCC(=O)NC(C)Cc1ccsc1. The zero-order valence-corrected chi connectivity index (χ0v) is 8.86. The Bertz CT molecular complexity index is 256. The van der Waals surface area contributed by atoms with Crippen LogP contribution in [-0.2, 0) is 11.2 Å². The zero-order valence-electron chi connectivity index (χ0n) is 8.04. The highest BCUT2D eigenvalue weighted by Crippen LogP contribution is 2.08. The van der Waals surface area contributed by atoms with E-state index >= 15 is 0 Å². The van der Waals surface area contributed by atoms with Crippen molar-refractivity contribution >= 4 is 17.2 Å². The molecule has 1 unspecified atom stereocenters. The van der Waals surface area contributed by atoms with Crippen molar-refractivity contribution < 1.29 is 4.79 Å². The molecule has 3 heteroatoms. The molecule has 2 nitrogen and oxygen atoms in total. The van der Waals surface area contributed by atoms with Gasteiger partial charge in [0.15, 0.2) is 0 Å². The van der Waals surface area contributed by atoms with Crippen LogP contribution in [0.5, 0.6) is 0 Å². The zero-order chi connectivity index (χ0) is 9.68. The average Bonchev–Trinajstić information content (AvgIpc) is 2.56. The van der Waals surface area contributed by atoms with Gasteiger partial charge in [0, 0.05) is 12.5 Å². The van der Waals surface area contributed by atoms with Crippen molar-refractivity contribution in [2.45, 2.75) is 32.7 Å². The summed E-state index contributed by atoms with van der Waals surface area (Å²) in [4.78, 5) is 11.0. The maximum Gasteiger partial charge on any atom is 0.219 e. The van der Waals surface area contributed by atoms with E-state index in [1.807, 2.05) is 13.8 Å². The summed E-state index contributed by atoms with van der Waals surface area (Å²) in [7, 11) is 0. The lowest BCUT2D eigenvalue weighted by Gasteiger charge is -2.11. The van der Waals surface area contributed by atoms with Crippen LogP contribution < -0.4 is 5.32 Å². The highest BCUT2D eigenvalue weighted by Gasteiger charge is 2.05. The summed E-state index contributed by atoms with van der Waals surface area (Å²) in [5, 5.41) is 7.11. The Kier molecular flexibility index (Phi) is 3.96. The van der Waals surface area contributed by atoms with Gasteiger partial charge in [-0.1, -0.05) is 6.92 Å². The quantitative estimate of drug-likeness (QED) is 0.787. The molecule has 0 fully saturated rings. The van der Waals surface area contributed by atoms with Crippen molar-refractivity contribution in [3.8, 4) is 0 Å². The summed E-state index contributed by atoms with van der Waals surface area (Å²) in [5.41, 5.74) is 1.30. The fourth-order valence-corrected chi connectivity index (χ4v) is 1.87. The Balaban J connectivity index is 2.33. The molecule has 0 aliphatic rings. The van der Waals surface area contributed by atoms with E-state index in [0.29, 0.717) is 6.42 Å². The fraction of sp³-hybridized carbons (Fsp3) is 0.500. The van der Waals surface area contributed by atoms with Gasteiger partial charge in [-0.25, -0.2) is 0 Å². The van der Waals surface area contributed by atoms with E-state index in [9.17, 15) is 4.79 Å². The first-order valence-corrected chi connectivity index (χ1v) is 5.47. The molecule has 0 bridgehead atoms. The molecule has 0 saturated carbocycles. The number of thiophene rings is 1. The Morgan fingerprint density at radius 1 is 1.69 bits per heavy atom. The molecule has 0 radical (unpaired) electrons. The van der Waals surface area contributed by atoms with Crippen molar-refractivity contribution in [1.29, 1.82) is 0 Å². The van der Waals surface area contributed by atoms with Crippen LogP contribution in [0.3, 0.4) is 0 Å². The van der Waals surface area contributed by atoms with E-state index in [-0.39, 0.29) is 11.9 Å². The largest absolute Gasteiger partial charge is 0.353 e. The fourth-order valence-electron chi connectivity index (χ4n) is 1.19. The average molecular weight is 197 g/mol. The summed E-state index contributed by atoms with van der Waals surface area (Å²) >= 11 is 1.69. The first-order valence-electron chi connectivity index (χ1n) is 4.52. The monoisotopic (exact) mass is 197 g/mol. The minimum Gasteiger partial charge on any atom is -0.353 e. The molecule has 1 aromatic heterocycles. The smallest absolute Gasteiger partial charge is 0.219 e. The minimum atomic E-state index is 0.128. The molecular formula is C10H15NOS. The molecule has 1 aromatic rings. The third-order valence-corrected chi connectivity index (χ3v) is 2.58. The normalized spacial score (nSPS) is 12.5. The second-order valence-corrected chi connectivity index (χ2v) is 3.94. The highest BCUT2D eigenvalue weighted by atomic mass is 32.1. The lowest BCUT2D eigenvalue weighted by Crippen LogP contribution is -2.33. The van der Waals surface area contributed by atoms with E-state index in [4.69, 9.17) is 0 Å². The second kappa shape index (κ2) is 5.02. The molecule has 1 atom stereocenters. The number of carbonyl (C=O) groups is 1. The van der Waals surface area contributed by atoms with Gasteiger partial charge in [0.1, 0.15) is 0 Å². The Morgan fingerprint density at radius 3 is 3.00 bits per heavy atom. The van der Waals surface area contributed by atoms with E-state index in [0.717, 1.165) is 6.42 Å². The van der Waals surface area contributed by atoms with Gasteiger partial charge in [-0.2, -0.15) is 11.3 Å². The van der Waals surface area contributed by atoms with E-state index in [1.165, 1.54) is 5.56 Å². The van der Waals surface area contributed by atoms with Crippen molar-refractivity contribution in [3.05, 3.63) is 22.4 Å².